The number of ether oxygens (including phenoxy) is 1. The van der Waals surface area contributed by atoms with Crippen LogP contribution in [0.25, 0.3) is 0 Å². The number of allylic oxidation sites excluding steroid dienone is 2. The van der Waals surface area contributed by atoms with Crippen molar-refractivity contribution in [3.05, 3.63) is 46.6 Å². The zero-order valence-electron chi connectivity index (χ0n) is 13.9. The number of aromatic hydroxyl groups is 1. The molecule has 0 fully saturated rings. The van der Waals surface area contributed by atoms with Crippen molar-refractivity contribution >= 4 is 6.29 Å². The normalized spacial score (nSPS) is 18.2. The van der Waals surface area contributed by atoms with Crippen LogP contribution in [-0.2, 0) is 12.8 Å². The third kappa shape index (κ3) is 4.23. The molecule has 1 aliphatic heterocycles. The van der Waals surface area contributed by atoms with Crippen LogP contribution in [0.3, 0.4) is 0 Å². The lowest BCUT2D eigenvalue weighted by atomic mass is 9.93. The van der Waals surface area contributed by atoms with E-state index in [0.29, 0.717) is 42.4 Å². The summed E-state index contributed by atoms with van der Waals surface area (Å²) in [5.41, 5.74) is 2.93. The van der Waals surface area contributed by atoms with Gasteiger partial charge < -0.3 is 14.9 Å². The lowest BCUT2D eigenvalue weighted by molar-refractivity contribution is 0.111. The van der Waals surface area contributed by atoms with Crippen LogP contribution in [0.5, 0.6) is 11.5 Å². The lowest BCUT2D eigenvalue weighted by Crippen LogP contribution is -2.22. The average molecular weight is 316 g/mol. The Kier molecular flexibility index (Phi) is 5.61. The van der Waals surface area contributed by atoms with Crippen molar-refractivity contribution in [1.82, 2.24) is 0 Å². The van der Waals surface area contributed by atoms with Crippen LogP contribution in [0.4, 0.5) is 0 Å². The summed E-state index contributed by atoms with van der Waals surface area (Å²) in [4.78, 5) is 11.4. The Morgan fingerprint density at radius 2 is 2.22 bits per heavy atom. The first-order valence-electron chi connectivity index (χ1n) is 7.91. The van der Waals surface area contributed by atoms with Crippen molar-refractivity contribution in [2.75, 3.05) is 0 Å². The Bertz CT molecular complexity index is 637. The van der Waals surface area contributed by atoms with Gasteiger partial charge in [-0.15, -0.1) is 0 Å². The van der Waals surface area contributed by atoms with Crippen LogP contribution in [0.2, 0.25) is 0 Å². The van der Waals surface area contributed by atoms with Crippen LogP contribution >= 0.6 is 0 Å². The van der Waals surface area contributed by atoms with Gasteiger partial charge in [-0.3, -0.25) is 4.79 Å². The number of phenolic OH excluding ortho intramolecular Hbond substituents is 1. The molecule has 0 spiro atoms. The number of carbonyl (C=O) groups is 1. The number of fused-ring (bicyclic) bond motifs is 1. The molecule has 2 N–H and O–H groups in total. The molecule has 2 atom stereocenters. The highest BCUT2D eigenvalue weighted by Gasteiger charge is 2.24. The number of aliphatic hydroxyl groups excluding tert-OH is 1. The van der Waals surface area contributed by atoms with Gasteiger partial charge in [0, 0.05) is 11.1 Å². The monoisotopic (exact) mass is 316 g/mol. The topological polar surface area (TPSA) is 66.8 Å². The maximum absolute atomic E-state index is 11.4. The Morgan fingerprint density at radius 3 is 2.83 bits per heavy atom. The number of benzene rings is 1. The molecule has 0 radical (unpaired) electrons. The third-order valence-electron chi connectivity index (χ3n) is 3.90. The molecule has 0 aliphatic carbocycles. The van der Waals surface area contributed by atoms with Crippen molar-refractivity contribution in [2.24, 2.45) is 0 Å². The van der Waals surface area contributed by atoms with Crippen molar-refractivity contribution in [3.8, 4) is 11.5 Å². The van der Waals surface area contributed by atoms with Crippen LogP contribution in [0, 0.1) is 0 Å². The van der Waals surface area contributed by atoms with Crippen molar-refractivity contribution < 1.29 is 19.7 Å². The molecule has 124 valence electrons. The van der Waals surface area contributed by atoms with Gasteiger partial charge in [0.2, 0.25) is 0 Å². The fourth-order valence-corrected chi connectivity index (χ4v) is 2.65. The minimum absolute atomic E-state index is 0.0535. The molecular formula is C19H24O4. The summed E-state index contributed by atoms with van der Waals surface area (Å²) >= 11 is 0. The van der Waals surface area contributed by atoms with E-state index in [1.807, 2.05) is 32.1 Å². The van der Waals surface area contributed by atoms with E-state index in [1.54, 1.807) is 13.0 Å². The van der Waals surface area contributed by atoms with Gasteiger partial charge in [-0.1, -0.05) is 17.7 Å². The minimum atomic E-state index is -0.515. The summed E-state index contributed by atoms with van der Waals surface area (Å²) < 4.78 is 5.94. The molecule has 1 aromatic carbocycles. The maximum atomic E-state index is 11.4. The van der Waals surface area contributed by atoms with Gasteiger partial charge in [0.15, 0.2) is 6.29 Å². The number of rotatable bonds is 5. The molecule has 23 heavy (non-hydrogen) atoms. The Labute approximate surface area is 137 Å². The van der Waals surface area contributed by atoms with Gasteiger partial charge in [0.1, 0.15) is 17.6 Å². The van der Waals surface area contributed by atoms with Crippen molar-refractivity contribution in [2.45, 2.75) is 52.2 Å². The molecule has 0 amide bonds. The smallest absolute Gasteiger partial charge is 0.154 e. The van der Waals surface area contributed by atoms with E-state index in [0.717, 1.165) is 11.1 Å². The van der Waals surface area contributed by atoms with Crippen LogP contribution in [-0.4, -0.2) is 28.7 Å². The predicted octanol–water partition coefficient (Wildman–Crippen LogP) is 3.34. The molecule has 0 saturated carbocycles. The summed E-state index contributed by atoms with van der Waals surface area (Å²) in [5, 5.41) is 19.7. The van der Waals surface area contributed by atoms with E-state index >= 15 is 0 Å². The summed E-state index contributed by atoms with van der Waals surface area (Å²) in [6.07, 6.45) is 7.53. The Hall–Kier alpha value is -2.07. The highest BCUT2D eigenvalue weighted by atomic mass is 16.5. The zero-order valence-corrected chi connectivity index (χ0v) is 13.9. The van der Waals surface area contributed by atoms with E-state index in [1.165, 1.54) is 0 Å². The second-order valence-corrected chi connectivity index (χ2v) is 6.20. The summed E-state index contributed by atoms with van der Waals surface area (Å²) in [7, 11) is 0. The first-order chi connectivity index (χ1) is 10.9. The first-order valence-corrected chi connectivity index (χ1v) is 7.91. The highest BCUT2D eigenvalue weighted by Crippen LogP contribution is 2.37. The Balaban J connectivity index is 2.36. The molecule has 1 aliphatic rings. The molecule has 0 aromatic heterocycles. The number of hydrogen-bond donors (Lipinski definition) is 2. The van der Waals surface area contributed by atoms with E-state index < -0.39 is 6.10 Å². The van der Waals surface area contributed by atoms with Gasteiger partial charge in [0.25, 0.3) is 0 Å². The summed E-state index contributed by atoms with van der Waals surface area (Å²) in [5.74, 6) is 0.700. The Morgan fingerprint density at radius 1 is 1.48 bits per heavy atom. The van der Waals surface area contributed by atoms with Crippen LogP contribution in [0.1, 0.15) is 48.7 Å². The number of phenols is 1. The second-order valence-electron chi connectivity index (χ2n) is 6.20. The molecule has 1 heterocycles. The van der Waals surface area contributed by atoms with Crippen molar-refractivity contribution in [1.29, 1.82) is 0 Å². The molecule has 1 aromatic rings. The maximum Gasteiger partial charge on any atom is 0.154 e. The number of carbonyl (C=O) groups excluding carboxylic acids is 1. The quantitative estimate of drug-likeness (QED) is 0.646. The van der Waals surface area contributed by atoms with Gasteiger partial charge in [-0.05, 0) is 52.2 Å². The third-order valence-corrected chi connectivity index (χ3v) is 3.90. The average Bonchev–Trinajstić information content (AvgIpc) is 2.50. The summed E-state index contributed by atoms with van der Waals surface area (Å²) in [6, 6.07) is 1.82. The SMILES string of the molecule is CC(C)=CCc1cc2c(c(C=O)c1O)CCC(C=CC(C)O)O2. The lowest BCUT2D eigenvalue weighted by Gasteiger charge is -2.26. The zero-order chi connectivity index (χ0) is 17.0. The molecule has 2 rings (SSSR count). The van der Waals surface area contributed by atoms with Gasteiger partial charge >= 0.3 is 0 Å². The van der Waals surface area contributed by atoms with E-state index in [-0.39, 0.29) is 11.9 Å². The van der Waals surface area contributed by atoms with Crippen molar-refractivity contribution in [3.63, 3.8) is 0 Å². The highest BCUT2D eigenvalue weighted by molar-refractivity contribution is 5.84. The molecule has 2 unspecified atom stereocenters. The van der Waals surface area contributed by atoms with Gasteiger partial charge in [-0.2, -0.15) is 0 Å². The fraction of sp³-hybridized carbons (Fsp3) is 0.421. The van der Waals surface area contributed by atoms with Crippen LogP contribution in [0.15, 0.2) is 29.9 Å². The second kappa shape index (κ2) is 7.47. The van der Waals surface area contributed by atoms with Crippen LogP contribution < -0.4 is 4.74 Å². The number of hydrogen-bond acceptors (Lipinski definition) is 4. The molecule has 0 bridgehead atoms. The van der Waals surface area contributed by atoms with Gasteiger partial charge in [0.05, 0.1) is 11.7 Å². The number of aliphatic hydroxyl groups is 1. The molecule has 4 nitrogen and oxygen atoms in total. The first kappa shape index (κ1) is 17.3. The number of aldehydes is 1. The summed E-state index contributed by atoms with van der Waals surface area (Å²) in [6.45, 7) is 5.67. The van der Waals surface area contributed by atoms with E-state index in [2.05, 4.69) is 0 Å². The molecule has 0 saturated heterocycles. The molecule has 4 heteroatoms. The van der Waals surface area contributed by atoms with E-state index in [9.17, 15) is 15.0 Å². The fourth-order valence-electron chi connectivity index (χ4n) is 2.65. The molecular weight excluding hydrogens is 292 g/mol. The predicted molar refractivity (Wildman–Crippen MR) is 90.2 cm³/mol. The van der Waals surface area contributed by atoms with E-state index in [4.69, 9.17) is 4.74 Å². The standard InChI is InChI=1S/C19H24O4/c1-12(2)4-6-14-10-18-16(17(11-20)19(14)22)9-8-15(23-18)7-5-13(3)21/h4-5,7,10-11,13,15,21-22H,6,8-9H2,1-3H3. The van der Waals surface area contributed by atoms with Gasteiger partial charge in [-0.25, -0.2) is 0 Å². The minimum Gasteiger partial charge on any atom is -0.507 e. The largest absolute Gasteiger partial charge is 0.507 e.